The van der Waals surface area contributed by atoms with Gasteiger partial charge >= 0.3 is 18.0 Å². The van der Waals surface area contributed by atoms with Gasteiger partial charge in [0, 0.05) is 4.88 Å². The van der Waals surface area contributed by atoms with E-state index in [1.54, 1.807) is 26.8 Å². The van der Waals surface area contributed by atoms with Crippen LogP contribution < -0.4 is 10.6 Å². The molecule has 10 nitrogen and oxygen atoms in total. The van der Waals surface area contributed by atoms with E-state index in [0.717, 1.165) is 9.78 Å². The zero-order valence-electron chi connectivity index (χ0n) is 18.0. The molecule has 4 amide bonds. The number of hydrogen-bond donors (Lipinski definition) is 2. The Hall–Kier alpha value is -2.95. The largest absolute Gasteiger partial charge is 0.462 e. The van der Waals surface area contributed by atoms with Gasteiger partial charge in [0.15, 0.2) is 6.61 Å². The standard InChI is InChI=1S/C20H27N3O7S/c1-5-12-9-13(17(26)29-8-4)16(31-12)21-14(24)11-30-15(25)10-23-18(27)20(6-2,7-3)22-19(23)28/h9H,5-8,10-11H2,1-4H3,(H,21,24)(H,22,28). The second kappa shape index (κ2) is 10.4. The Balaban J connectivity index is 1.94. The number of carbonyl (C=O) groups excluding carboxylic acids is 5. The zero-order valence-corrected chi connectivity index (χ0v) is 18.8. The first-order valence-corrected chi connectivity index (χ1v) is 10.9. The van der Waals surface area contributed by atoms with E-state index >= 15 is 0 Å². The predicted octanol–water partition coefficient (Wildman–Crippen LogP) is 2.08. The van der Waals surface area contributed by atoms with Crippen molar-refractivity contribution in [3.8, 4) is 0 Å². The van der Waals surface area contributed by atoms with Crippen molar-refractivity contribution in [1.82, 2.24) is 10.2 Å². The molecule has 0 bridgehead atoms. The summed E-state index contributed by atoms with van der Waals surface area (Å²) < 4.78 is 9.91. The highest BCUT2D eigenvalue weighted by Gasteiger charge is 2.49. The number of ether oxygens (including phenoxy) is 2. The van der Waals surface area contributed by atoms with Gasteiger partial charge in [-0.1, -0.05) is 20.8 Å². The van der Waals surface area contributed by atoms with Crippen molar-refractivity contribution < 1.29 is 33.4 Å². The smallest absolute Gasteiger partial charge is 0.341 e. The lowest BCUT2D eigenvalue weighted by atomic mass is 9.93. The van der Waals surface area contributed by atoms with Crippen LogP contribution in [-0.4, -0.2) is 60.0 Å². The first-order valence-electron chi connectivity index (χ1n) is 10.1. The minimum atomic E-state index is -1.02. The third-order valence-electron chi connectivity index (χ3n) is 4.98. The highest BCUT2D eigenvalue weighted by Crippen LogP contribution is 2.29. The quantitative estimate of drug-likeness (QED) is 0.410. The van der Waals surface area contributed by atoms with Crippen LogP contribution in [0, 0.1) is 0 Å². The topological polar surface area (TPSA) is 131 Å². The van der Waals surface area contributed by atoms with Crippen LogP contribution in [0.3, 0.4) is 0 Å². The molecule has 0 radical (unpaired) electrons. The summed E-state index contributed by atoms with van der Waals surface area (Å²) in [6, 6.07) is 0.982. The molecular formula is C20H27N3O7S. The molecular weight excluding hydrogens is 426 g/mol. The summed E-state index contributed by atoms with van der Waals surface area (Å²) >= 11 is 1.23. The van der Waals surface area contributed by atoms with Crippen LogP contribution in [-0.2, 0) is 30.3 Å². The van der Waals surface area contributed by atoms with Crippen LogP contribution in [0.4, 0.5) is 9.80 Å². The third-order valence-corrected chi connectivity index (χ3v) is 6.18. The van der Waals surface area contributed by atoms with Gasteiger partial charge in [-0.05, 0) is 32.3 Å². The number of nitrogens with zero attached hydrogens (tertiary/aromatic N) is 1. The Morgan fingerprint density at radius 2 is 1.81 bits per heavy atom. The summed E-state index contributed by atoms with van der Waals surface area (Å²) in [6.07, 6.45) is 1.46. The first-order chi connectivity index (χ1) is 14.7. The van der Waals surface area contributed by atoms with Crippen molar-refractivity contribution in [1.29, 1.82) is 0 Å². The monoisotopic (exact) mass is 453 g/mol. The number of carbonyl (C=O) groups is 5. The maximum Gasteiger partial charge on any atom is 0.341 e. The number of nitrogens with one attached hydrogen (secondary N) is 2. The molecule has 1 fully saturated rings. The molecule has 1 saturated heterocycles. The van der Waals surface area contributed by atoms with Crippen molar-refractivity contribution in [2.24, 2.45) is 0 Å². The van der Waals surface area contributed by atoms with E-state index in [9.17, 15) is 24.0 Å². The number of imide groups is 1. The van der Waals surface area contributed by atoms with E-state index in [4.69, 9.17) is 9.47 Å². The van der Waals surface area contributed by atoms with E-state index in [0.29, 0.717) is 24.3 Å². The summed E-state index contributed by atoms with van der Waals surface area (Å²) in [5.41, 5.74) is -0.785. The van der Waals surface area contributed by atoms with E-state index in [1.807, 2.05) is 6.92 Å². The SMILES string of the molecule is CCOC(=O)c1cc(CC)sc1NC(=O)COC(=O)CN1C(=O)NC(CC)(CC)C1=O. The summed E-state index contributed by atoms with van der Waals surface area (Å²) in [5, 5.41) is 5.46. The second-order valence-electron chi connectivity index (χ2n) is 6.85. The normalized spacial score (nSPS) is 14.9. The van der Waals surface area contributed by atoms with E-state index in [-0.39, 0.29) is 12.2 Å². The van der Waals surface area contributed by atoms with Gasteiger partial charge in [0.2, 0.25) is 0 Å². The molecule has 1 aromatic rings. The van der Waals surface area contributed by atoms with Gasteiger partial charge in [-0.2, -0.15) is 0 Å². The van der Waals surface area contributed by atoms with Crippen LogP contribution in [0.2, 0.25) is 0 Å². The van der Waals surface area contributed by atoms with Gasteiger partial charge in [-0.3, -0.25) is 19.3 Å². The molecule has 0 unspecified atom stereocenters. The molecule has 0 spiro atoms. The number of esters is 2. The molecule has 1 aliphatic heterocycles. The van der Waals surface area contributed by atoms with Crippen LogP contribution in [0.25, 0.3) is 0 Å². The van der Waals surface area contributed by atoms with Gasteiger partial charge in [0.05, 0.1) is 12.2 Å². The number of hydrogen-bond acceptors (Lipinski definition) is 8. The predicted molar refractivity (Wildman–Crippen MR) is 113 cm³/mol. The van der Waals surface area contributed by atoms with Crippen LogP contribution in [0.1, 0.15) is 55.8 Å². The number of thiophene rings is 1. The van der Waals surface area contributed by atoms with Gasteiger partial charge in [-0.25, -0.2) is 9.59 Å². The van der Waals surface area contributed by atoms with E-state index in [1.165, 1.54) is 11.3 Å². The molecule has 0 saturated carbocycles. The summed E-state index contributed by atoms with van der Waals surface area (Å²) in [4.78, 5) is 62.7. The van der Waals surface area contributed by atoms with Crippen molar-refractivity contribution in [2.75, 3.05) is 25.1 Å². The van der Waals surface area contributed by atoms with Gasteiger partial charge in [0.25, 0.3) is 11.8 Å². The van der Waals surface area contributed by atoms with Crippen molar-refractivity contribution in [3.05, 3.63) is 16.5 Å². The van der Waals surface area contributed by atoms with Gasteiger partial charge in [-0.15, -0.1) is 11.3 Å². The van der Waals surface area contributed by atoms with Gasteiger partial charge in [0.1, 0.15) is 17.1 Å². The number of anilines is 1. The molecule has 2 heterocycles. The molecule has 0 aliphatic carbocycles. The molecule has 170 valence electrons. The van der Waals surface area contributed by atoms with Crippen LogP contribution in [0.15, 0.2) is 6.07 Å². The molecule has 31 heavy (non-hydrogen) atoms. The maximum atomic E-state index is 12.5. The molecule has 1 aliphatic rings. The number of amides is 4. The minimum absolute atomic E-state index is 0.196. The summed E-state index contributed by atoms with van der Waals surface area (Å²) in [5.74, 6) is -2.60. The maximum absolute atomic E-state index is 12.5. The second-order valence-corrected chi connectivity index (χ2v) is 7.99. The van der Waals surface area contributed by atoms with E-state index < -0.39 is 48.5 Å². The van der Waals surface area contributed by atoms with Crippen LogP contribution >= 0.6 is 11.3 Å². The Morgan fingerprint density at radius 3 is 2.35 bits per heavy atom. The van der Waals surface area contributed by atoms with E-state index in [2.05, 4.69) is 10.6 Å². The Kier molecular flexibility index (Phi) is 8.14. The molecule has 11 heteroatoms. The Bertz CT molecular complexity index is 876. The lowest BCUT2D eigenvalue weighted by Gasteiger charge is -2.22. The fourth-order valence-electron chi connectivity index (χ4n) is 3.10. The van der Waals surface area contributed by atoms with Crippen LogP contribution in [0.5, 0.6) is 0 Å². The molecule has 2 rings (SSSR count). The summed E-state index contributed by atoms with van der Waals surface area (Å²) in [6.45, 7) is 6.11. The molecule has 1 aromatic heterocycles. The van der Waals surface area contributed by atoms with Crippen molar-refractivity contribution >= 4 is 46.1 Å². The fourth-order valence-corrected chi connectivity index (χ4v) is 4.10. The average molecular weight is 454 g/mol. The first kappa shape index (κ1) is 24.3. The lowest BCUT2D eigenvalue weighted by molar-refractivity contribution is -0.150. The summed E-state index contributed by atoms with van der Waals surface area (Å²) in [7, 11) is 0. The third kappa shape index (κ3) is 5.40. The van der Waals surface area contributed by atoms with Crippen molar-refractivity contribution in [3.63, 3.8) is 0 Å². The minimum Gasteiger partial charge on any atom is -0.462 e. The lowest BCUT2D eigenvalue weighted by Crippen LogP contribution is -2.46. The zero-order chi connectivity index (χ0) is 23.2. The highest BCUT2D eigenvalue weighted by molar-refractivity contribution is 7.16. The Labute approximate surface area is 184 Å². The number of rotatable bonds is 10. The van der Waals surface area contributed by atoms with Gasteiger partial charge < -0.3 is 20.1 Å². The molecule has 2 N–H and O–H groups in total. The highest BCUT2D eigenvalue weighted by atomic mass is 32.1. The molecule has 0 atom stereocenters. The Morgan fingerprint density at radius 1 is 1.13 bits per heavy atom. The number of urea groups is 1. The molecule has 0 aromatic carbocycles. The van der Waals surface area contributed by atoms with Crippen molar-refractivity contribution in [2.45, 2.75) is 52.5 Å². The number of aryl methyl sites for hydroxylation is 1. The fraction of sp³-hybridized carbons (Fsp3) is 0.550. The average Bonchev–Trinajstić information content (AvgIpc) is 3.26.